The van der Waals surface area contributed by atoms with E-state index in [4.69, 9.17) is 10.8 Å². The number of hydrogen-bond acceptors (Lipinski definition) is 5. The van der Waals surface area contributed by atoms with Crippen molar-refractivity contribution in [3.8, 4) is 11.1 Å². The van der Waals surface area contributed by atoms with Gasteiger partial charge in [-0.15, -0.1) is 0 Å². The molecule has 2 atom stereocenters. The number of piperidine rings is 1. The van der Waals surface area contributed by atoms with Gasteiger partial charge >= 0.3 is 0 Å². The molecule has 1 aliphatic rings. The fourth-order valence-electron chi connectivity index (χ4n) is 6.15. The van der Waals surface area contributed by atoms with Crippen molar-refractivity contribution in [3.05, 3.63) is 78.4 Å². The average molecular weight is 522 g/mol. The molecule has 3 aromatic heterocycles. The van der Waals surface area contributed by atoms with Gasteiger partial charge in [0.1, 0.15) is 11.8 Å². The molecule has 0 aliphatic carbocycles. The number of rotatable bonds is 9. The number of nitrogen functional groups attached to an aromatic ring is 1. The highest BCUT2D eigenvalue weighted by Gasteiger charge is 2.24. The standard InChI is InChI=1S/C32H39N7/c1-3-24-13-12-23(2)37(19-24)16-8-7-11-28-18-29(31-32(33)34-22-35-39(28)31)26-14-15-27-21-38(36-30(27)17-26)20-25-9-5-4-6-10-25/h4-6,9-10,14-15,17-18,21-24H,3,7-8,11-13,16,19-20H2,1-2H3,(H2,33,34,35). The van der Waals surface area contributed by atoms with E-state index < -0.39 is 0 Å². The first-order valence-corrected chi connectivity index (χ1v) is 14.5. The highest BCUT2D eigenvalue weighted by atomic mass is 15.3. The SMILES string of the molecule is CCC1CCC(C)N(CCCCc2cc(-c3ccc4cn(Cc5ccccc5)nc4c3)c3c(N)ncnn23)C1. The van der Waals surface area contributed by atoms with Gasteiger partial charge in [0.05, 0.1) is 12.1 Å². The Morgan fingerprint density at radius 3 is 2.74 bits per heavy atom. The Kier molecular flexibility index (Phi) is 7.33. The van der Waals surface area contributed by atoms with Crippen LogP contribution in [0.2, 0.25) is 0 Å². The second-order valence-corrected chi connectivity index (χ2v) is 11.2. The summed E-state index contributed by atoms with van der Waals surface area (Å²) in [6, 6.07) is 19.8. The molecule has 2 N–H and O–H groups in total. The smallest absolute Gasteiger partial charge is 0.151 e. The minimum Gasteiger partial charge on any atom is -0.382 e. The molecule has 5 aromatic rings. The van der Waals surface area contributed by atoms with Crippen LogP contribution < -0.4 is 5.73 Å². The molecular weight excluding hydrogens is 482 g/mol. The molecule has 1 aliphatic heterocycles. The van der Waals surface area contributed by atoms with Gasteiger partial charge in [0.15, 0.2) is 5.82 Å². The van der Waals surface area contributed by atoms with Crippen LogP contribution in [0.3, 0.4) is 0 Å². The Balaban J connectivity index is 1.21. The van der Waals surface area contributed by atoms with Crippen molar-refractivity contribution in [1.29, 1.82) is 0 Å². The lowest BCUT2D eigenvalue weighted by Crippen LogP contribution is -2.42. The molecule has 202 valence electrons. The third-order valence-corrected chi connectivity index (χ3v) is 8.52. The van der Waals surface area contributed by atoms with E-state index in [-0.39, 0.29) is 0 Å². The Morgan fingerprint density at radius 1 is 1.03 bits per heavy atom. The van der Waals surface area contributed by atoms with Crippen molar-refractivity contribution in [3.63, 3.8) is 0 Å². The number of nitrogens with two attached hydrogens (primary N) is 1. The van der Waals surface area contributed by atoms with Crippen LogP contribution in [-0.4, -0.2) is 48.4 Å². The third kappa shape index (κ3) is 5.41. The minimum absolute atomic E-state index is 0.508. The second-order valence-electron chi connectivity index (χ2n) is 11.2. The fourth-order valence-corrected chi connectivity index (χ4v) is 6.15. The number of likely N-dealkylation sites (tertiary alicyclic amines) is 1. The largest absolute Gasteiger partial charge is 0.382 e. The Hall–Kier alpha value is -3.71. The van der Waals surface area contributed by atoms with Gasteiger partial charge in [0.2, 0.25) is 0 Å². The van der Waals surface area contributed by atoms with Gasteiger partial charge in [-0.25, -0.2) is 9.50 Å². The maximum Gasteiger partial charge on any atom is 0.151 e. The summed E-state index contributed by atoms with van der Waals surface area (Å²) in [7, 11) is 0. The molecule has 4 heterocycles. The number of aryl methyl sites for hydroxylation is 1. The average Bonchev–Trinajstić information content (AvgIpc) is 3.53. The summed E-state index contributed by atoms with van der Waals surface area (Å²) in [5.41, 5.74) is 12.8. The Bertz CT molecular complexity index is 1550. The summed E-state index contributed by atoms with van der Waals surface area (Å²) in [5, 5.41) is 10.6. The van der Waals surface area contributed by atoms with E-state index in [0.29, 0.717) is 11.9 Å². The number of fused-ring (bicyclic) bond motifs is 2. The highest BCUT2D eigenvalue weighted by Crippen LogP contribution is 2.33. The first-order chi connectivity index (χ1) is 19.1. The van der Waals surface area contributed by atoms with Crippen molar-refractivity contribution in [2.24, 2.45) is 5.92 Å². The Morgan fingerprint density at radius 2 is 1.90 bits per heavy atom. The summed E-state index contributed by atoms with van der Waals surface area (Å²) < 4.78 is 4.00. The lowest BCUT2D eigenvalue weighted by atomic mass is 9.91. The molecule has 0 saturated carbocycles. The molecular formula is C32H39N7. The van der Waals surface area contributed by atoms with E-state index in [1.807, 2.05) is 15.3 Å². The quantitative estimate of drug-likeness (QED) is 0.233. The number of aromatic nitrogens is 5. The van der Waals surface area contributed by atoms with Gasteiger partial charge in [0, 0.05) is 35.4 Å². The zero-order valence-corrected chi connectivity index (χ0v) is 23.1. The van der Waals surface area contributed by atoms with E-state index in [2.05, 4.69) is 83.6 Å². The van der Waals surface area contributed by atoms with Crippen LogP contribution in [0.25, 0.3) is 27.5 Å². The molecule has 0 amide bonds. The van der Waals surface area contributed by atoms with Gasteiger partial charge in [-0.05, 0) is 74.8 Å². The molecule has 1 saturated heterocycles. The second kappa shape index (κ2) is 11.2. The molecule has 7 nitrogen and oxygen atoms in total. The van der Waals surface area contributed by atoms with Crippen LogP contribution in [0.5, 0.6) is 0 Å². The number of benzene rings is 2. The molecule has 7 heteroatoms. The van der Waals surface area contributed by atoms with Crippen molar-refractivity contribution in [1.82, 2.24) is 29.3 Å². The van der Waals surface area contributed by atoms with E-state index in [9.17, 15) is 0 Å². The number of anilines is 1. The molecule has 0 spiro atoms. The molecule has 39 heavy (non-hydrogen) atoms. The fraction of sp³-hybridized carbons (Fsp3) is 0.406. The van der Waals surface area contributed by atoms with Crippen LogP contribution in [-0.2, 0) is 13.0 Å². The summed E-state index contributed by atoms with van der Waals surface area (Å²) in [6.07, 6.45) is 11.0. The van der Waals surface area contributed by atoms with E-state index in [0.717, 1.165) is 52.9 Å². The van der Waals surface area contributed by atoms with Crippen molar-refractivity contribution >= 4 is 22.2 Å². The van der Waals surface area contributed by atoms with Crippen molar-refractivity contribution < 1.29 is 0 Å². The van der Waals surface area contributed by atoms with Crippen LogP contribution in [0.4, 0.5) is 5.82 Å². The van der Waals surface area contributed by atoms with Crippen LogP contribution in [0.1, 0.15) is 57.2 Å². The predicted molar refractivity (Wildman–Crippen MR) is 159 cm³/mol. The van der Waals surface area contributed by atoms with E-state index in [1.54, 1.807) is 6.33 Å². The summed E-state index contributed by atoms with van der Waals surface area (Å²) in [6.45, 7) is 7.90. The molecule has 2 unspecified atom stereocenters. The van der Waals surface area contributed by atoms with Crippen LogP contribution in [0, 0.1) is 5.92 Å². The monoisotopic (exact) mass is 521 g/mol. The van der Waals surface area contributed by atoms with Crippen LogP contribution >= 0.6 is 0 Å². The highest BCUT2D eigenvalue weighted by molar-refractivity contribution is 5.92. The van der Waals surface area contributed by atoms with Crippen LogP contribution in [0.15, 0.2) is 67.1 Å². The van der Waals surface area contributed by atoms with Gasteiger partial charge in [0.25, 0.3) is 0 Å². The summed E-state index contributed by atoms with van der Waals surface area (Å²) >= 11 is 0. The summed E-state index contributed by atoms with van der Waals surface area (Å²) in [4.78, 5) is 7.02. The zero-order chi connectivity index (χ0) is 26.8. The van der Waals surface area contributed by atoms with Gasteiger partial charge < -0.3 is 10.6 Å². The van der Waals surface area contributed by atoms with E-state index >= 15 is 0 Å². The molecule has 0 bridgehead atoms. The van der Waals surface area contributed by atoms with Gasteiger partial charge in [-0.3, -0.25) is 4.68 Å². The van der Waals surface area contributed by atoms with Crippen molar-refractivity contribution in [2.45, 2.75) is 65.0 Å². The number of unbranched alkanes of at least 4 members (excludes halogenated alkanes) is 1. The predicted octanol–water partition coefficient (Wildman–Crippen LogP) is 6.21. The zero-order valence-electron chi connectivity index (χ0n) is 23.1. The van der Waals surface area contributed by atoms with E-state index in [1.165, 1.54) is 50.0 Å². The molecule has 6 rings (SSSR count). The topological polar surface area (TPSA) is 77.3 Å². The molecule has 1 fully saturated rings. The van der Waals surface area contributed by atoms with Crippen molar-refractivity contribution in [2.75, 3.05) is 18.8 Å². The normalized spacial score (nSPS) is 18.3. The molecule has 2 aromatic carbocycles. The summed E-state index contributed by atoms with van der Waals surface area (Å²) in [5.74, 6) is 1.37. The minimum atomic E-state index is 0.508. The lowest BCUT2D eigenvalue weighted by Gasteiger charge is -2.37. The first-order valence-electron chi connectivity index (χ1n) is 14.5. The Labute approximate surface area is 230 Å². The third-order valence-electron chi connectivity index (χ3n) is 8.52. The maximum atomic E-state index is 6.41. The van der Waals surface area contributed by atoms with Gasteiger partial charge in [-0.1, -0.05) is 55.8 Å². The molecule has 0 radical (unpaired) electrons. The number of nitrogens with zero attached hydrogens (tertiary/aromatic N) is 6. The van der Waals surface area contributed by atoms with Gasteiger partial charge in [-0.2, -0.15) is 10.2 Å². The lowest BCUT2D eigenvalue weighted by molar-refractivity contribution is 0.114. The first kappa shape index (κ1) is 25.6. The number of hydrogen-bond donors (Lipinski definition) is 1. The maximum absolute atomic E-state index is 6.41.